The molecule has 0 spiro atoms. The molecule has 0 radical (unpaired) electrons. The van der Waals surface area contributed by atoms with Crippen LogP contribution < -0.4 is 0 Å². The van der Waals surface area contributed by atoms with Gasteiger partial charge in [0.05, 0.1) is 5.04 Å². The molecular weight excluding hydrogens is 120 g/mol. The zero-order chi connectivity index (χ0) is 6.57. The Morgan fingerprint density at radius 2 is 1.88 bits per heavy atom. The van der Waals surface area contributed by atoms with E-state index in [-0.39, 0.29) is 0 Å². The molecule has 0 aromatic rings. The summed E-state index contributed by atoms with van der Waals surface area (Å²) in [5.41, 5.74) is 1.00. The molecule has 0 unspecified atom stereocenters. The first-order valence-corrected chi connectivity index (χ1v) is 3.13. The van der Waals surface area contributed by atoms with Crippen molar-refractivity contribution < 1.29 is 0 Å². The summed E-state index contributed by atoms with van der Waals surface area (Å²) in [6.45, 7) is 5.54. The summed E-state index contributed by atoms with van der Waals surface area (Å²) < 4.78 is 3.93. The predicted octanol–water partition coefficient (Wildman–Crippen LogP) is 2.11. The van der Waals surface area contributed by atoms with E-state index in [1.165, 1.54) is 11.9 Å². The lowest BCUT2D eigenvalue weighted by molar-refractivity contribution is 1.53. The summed E-state index contributed by atoms with van der Waals surface area (Å²) >= 11 is 1.21. The van der Waals surface area contributed by atoms with Crippen LogP contribution in [0.4, 0.5) is 0 Å². The Kier molecular flexibility index (Phi) is 3.52. The Balaban J connectivity index is 3.45. The summed E-state index contributed by atoms with van der Waals surface area (Å²) in [7, 11) is 0. The molecule has 0 atom stereocenters. The maximum Gasteiger partial charge on any atom is 0.0838 e. The van der Waals surface area contributed by atoms with Crippen molar-refractivity contribution in [2.75, 3.05) is 0 Å². The zero-order valence-corrected chi connectivity index (χ0v) is 6.17. The van der Waals surface area contributed by atoms with Gasteiger partial charge in [-0.25, -0.2) is 4.40 Å². The first kappa shape index (κ1) is 7.69. The van der Waals surface area contributed by atoms with E-state index in [4.69, 9.17) is 5.41 Å². The van der Waals surface area contributed by atoms with Crippen molar-refractivity contribution in [1.82, 2.24) is 0 Å². The average molecular weight is 130 g/mol. The molecule has 0 aliphatic heterocycles. The van der Waals surface area contributed by atoms with Crippen molar-refractivity contribution in [3.05, 3.63) is 0 Å². The zero-order valence-electron chi connectivity index (χ0n) is 5.36. The predicted molar refractivity (Wildman–Crippen MR) is 39.8 cm³/mol. The van der Waals surface area contributed by atoms with Crippen LogP contribution in [-0.2, 0) is 0 Å². The summed E-state index contributed by atoms with van der Waals surface area (Å²) in [6.07, 6.45) is 0. The van der Waals surface area contributed by atoms with Gasteiger partial charge in [-0.1, -0.05) is 0 Å². The van der Waals surface area contributed by atoms with Crippen molar-refractivity contribution in [2.45, 2.75) is 20.8 Å². The molecule has 46 valence electrons. The third kappa shape index (κ3) is 5.69. The smallest absolute Gasteiger partial charge is 0.0838 e. The molecule has 0 aromatic carbocycles. The Morgan fingerprint density at radius 1 is 1.38 bits per heavy atom. The van der Waals surface area contributed by atoms with Gasteiger partial charge in [-0.2, -0.15) is 0 Å². The van der Waals surface area contributed by atoms with Crippen molar-refractivity contribution in [3.8, 4) is 0 Å². The number of nitrogens with zero attached hydrogens (tertiary/aromatic N) is 1. The lowest BCUT2D eigenvalue weighted by Gasteiger charge is -1.87. The van der Waals surface area contributed by atoms with Gasteiger partial charge in [0, 0.05) is 17.7 Å². The topological polar surface area (TPSA) is 36.2 Å². The lowest BCUT2D eigenvalue weighted by atomic mass is 10.5. The molecule has 0 fully saturated rings. The van der Waals surface area contributed by atoms with Crippen LogP contribution in [0.3, 0.4) is 0 Å². The number of rotatable bonds is 1. The minimum atomic E-state index is 0.534. The van der Waals surface area contributed by atoms with Gasteiger partial charge < -0.3 is 0 Å². The molecule has 1 N–H and O–H groups in total. The van der Waals surface area contributed by atoms with E-state index in [1.54, 1.807) is 6.92 Å². The number of hydrogen-bond acceptors (Lipinski definition) is 3. The van der Waals surface area contributed by atoms with Gasteiger partial charge in [0.25, 0.3) is 0 Å². The quantitative estimate of drug-likeness (QED) is 0.329. The second-order valence-electron chi connectivity index (χ2n) is 1.69. The molecule has 0 saturated heterocycles. The Hall–Kier alpha value is -0.310. The monoisotopic (exact) mass is 130 g/mol. The van der Waals surface area contributed by atoms with Crippen LogP contribution in [0.1, 0.15) is 20.8 Å². The standard InChI is InChI=1S/C5H10N2S/c1-4(2)7-8-5(3)6/h6H,1-3H3. The SMILES string of the molecule is CC(=N)SN=C(C)C. The average Bonchev–Trinajstić information content (AvgIpc) is 1.61. The van der Waals surface area contributed by atoms with Crippen molar-refractivity contribution >= 4 is 22.7 Å². The van der Waals surface area contributed by atoms with E-state index in [9.17, 15) is 0 Å². The van der Waals surface area contributed by atoms with Gasteiger partial charge in [0.1, 0.15) is 0 Å². The molecule has 0 heterocycles. The second-order valence-corrected chi connectivity index (χ2v) is 2.66. The summed E-state index contributed by atoms with van der Waals surface area (Å²) in [5, 5.41) is 7.48. The molecule has 0 rings (SSSR count). The van der Waals surface area contributed by atoms with E-state index in [2.05, 4.69) is 4.40 Å². The third-order valence-corrected chi connectivity index (χ3v) is 1.10. The molecule has 0 bridgehead atoms. The highest BCUT2D eigenvalue weighted by atomic mass is 32.2. The van der Waals surface area contributed by atoms with E-state index in [1.807, 2.05) is 13.8 Å². The van der Waals surface area contributed by atoms with E-state index in [0.29, 0.717) is 5.04 Å². The first-order chi connectivity index (χ1) is 3.63. The van der Waals surface area contributed by atoms with E-state index in [0.717, 1.165) is 5.71 Å². The van der Waals surface area contributed by atoms with Gasteiger partial charge in [-0.3, -0.25) is 5.41 Å². The Bertz CT molecular complexity index is 114. The summed E-state index contributed by atoms with van der Waals surface area (Å²) in [5.74, 6) is 0. The molecule has 0 aromatic heterocycles. The highest BCUT2D eigenvalue weighted by Crippen LogP contribution is 2.02. The largest absolute Gasteiger partial charge is 0.297 e. The van der Waals surface area contributed by atoms with Gasteiger partial charge in [0.15, 0.2) is 0 Å². The van der Waals surface area contributed by atoms with Gasteiger partial charge in [0.2, 0.25) is 0 Å². The highest BCUT2D eigenvalue weighted by Gasteiger charge is 1.82. The van der Waals surface area contributed by atoms with Crippen molar-refractivity contribution in [2.24, 2.45) is 4.40 Å². The summed E-state index contributed by atoms with van der Waals surface area (Å²) in [4.78, 5) is 0. The highest BCUT2D eigenvalue weighted by molar-refractivity contribution is 8.12. The van der Waals surface area contributed by atoms with Gasteiger partial charge >= 0.3 is 0 Å². The molecule has 0 saturated carbocycles. The molecule has 0 aliphatic carbocycles. The molecule has 0 aliphatic rings. The maximum atomic E-state index is 6.94. The van der Waals surface area contributed by atoms with Crippen LogP contribution in [0.25, 0.3) is 0 Å². The van der Waals surface area contributed by atoms with Crippen LogP contribution in [0.5, 0.6) is 0 Å². The molecule has 8 heavy (non-hydrogen) atoms. The second kappa shape index (κ2) is 3.66. The van der Waals surface area contributed by atoms with Crippen LogP contribution in [-0.4, -0.2) is 10.8 Å². The van der Waals surface area contributed by atoms with Gasteiger partial charge in [-0.05, 0) is 20.8 Å². The van der Waals surface area contributed by atoms with Crippen LogP contribution >= 0.6 is 11.9 Å². The van der Waals surface area contributed by atoms with Crippen molar-refractivity contribution in [3.63, 3.8) is 0 Å². The fourth-order valence-corrected chi connectivity index (χ4v) is 0.479. The van der Waals surface area contributed by atoms with Crippen LogP contribution in [0.2, 0.25) is 0 Å². The Morgan fingerprint density at radius 3 is 2.00 bits per heavy atom. The molecule has 0 amide bonds. The minimum Gasteiger partial charge on any atom is -0.297 e. The van der Waals surface area contributed by atoms with Crippen LogP contribution in [0, 0.1) is 5.41 Å². The fraction of sp³-hybridized carbons (Fsp3) is 0.600. The number of nitrogens with one attached hydrogen (secondary N) is 1. The summed E-state index contributed by atoms with van der Waals surface area (Å²) in [6, 6.07) is 0. The molecule has 2 nitrogen and oxygen atoms in total. The minimum absolute atomic E-state index is 0.534. The maximum absolute atomic E-state index is 6.94. The molecule has 3 heteroatoms. The van der Waals surface area contributed by atoms with Gasteiger partial charge in [-0.15, -0.1) is 0 Å². The Labute approximate surface area is 54.0 Å². The fourth-order valence-electron chi connectivity index (χ4n) is 0.160. The van der Waals surface area contributed by atoms with Crippen LogP contribution in [0.15, 0.2) is 4.40 Å². The normalized spacial score (nSPS) is 8.38. The first-order valence-electron chi connectivity index (χ1n) is 2.36. The van der Waals surface area contributed by atoms with Crippen molar-refractivity contribution in [1.29, 1.82) is 5.41 Å². The third-order valence-electron chi connectivity index (χ3n) is 0.365. The van der Waals surface area contributed by atoms with E-state index >= 15 is 0 Å². The number of hydrogen-bond donors (Lipinski definition) is 1. The molecular formula is C5H10N2S. The van der Waals surface area contributed by atoms with E-state index < -0.39 is 0 Å². The lowest BCUT2D eigenvalue weighted by Crippen LogP contribution is -1.79.